The number of aromatic nitrogens is 3. The second kappa shape index (κ2) is 5.42. The fourth-order valence-electron chi connectivity index (χ4n) is 1.91. The van der Waals surface area contributed by atoms with Gasteiger partial charge in [-0.3, -0.25) is 0 Å². The predicted octanol–water partition coefficient (Wildman–Crippen LogP) is 3.67. The average molecular weight is 286 g/mol. The summed E-state index contributed by atoms with van der Waals surface area (Å²) in [5.74, 6) is 0.528. The van der Waals surface area contributed by atoms with Gasteiger partial charge >= 0.3 is 0 Å². The maximum Gasteiger partial charge on any atom is 0.247 e. The third kappa shape index (κ3) is 2.70. The minimum absolute atomic E-state index is 0.175. The molecule has 1 atom stereocenters. The number of anilines is 1. The van der Waals surface area contributed by atoms with Gasteiger partial charge in [-0.1, -0.05) is 0 Å². The molecular formula is C14H14N4OS. The smallest absolute Gasteiger partial charge is 0.247 e. The van der Waals surface area contributed by atoms with Crippen molar-refractivity contribution in [1.82, 2.24) is 15.2 Å². The monoisotopic (exact) mass is 286 g/mol. The summed E-state index contributed by atoms with van der Waals surface area (Å²) >= 11 is 1.67. The highest BCUT2D eigenvalue weighted by molar-refractivity contribution is 7.09. The number of thiazole rings is 1. The van der Waals surface area contributed by atoms with Gasteiger partial charge in [0, 0.05) is 16.6 Å². The van der Waals surface area contributed by atoms with Gasteiger partial charge in [-0.2, -0.15) is 0 Å². The van der Waals surface area contributed by atoms with Gasteiger partial charge in [-0.15, -0.1) is 21.5 Å². The lowest BCUT2D eigenvalue weighted by Gasteiger charge is -2.13. The van der Waals surface area contributed by atoms with E-state index in [4.69, 9.17) is 4.42 Å². The number of nitrogens with zero attached hydrogens (tertiary/aromatic N) is 3. The van der Waals surface area contributed by atoms with Crippen LogP contribution in [-0.4, -0.2) is 15.2 Å². The molecule has 0 bridgehead atoms. The first kappa shape index (κ1) is 12.8. The van der Waals surface area contributed by atoms with Crippen molar-refractivity contribution in [2.75, 3.05) is 5.32 Å². The van der Waals surface area contributed by atoms with Crippen molar-refractivity contribution in [2.24, 2.45) is 0 Å². The van der Waals surface area contributed by atoms with E-state index < -0.39 is 0 Å². The second-order valence-electron chi connectivity index (χ2n) is 4.48. The molecule has 1 aromatic carbocycles. The minimum atomic E-state index is 0.175. The number of benzene rings is 1. The van der Waals surface area contributed by atoms with E-state index >= 15 is 0 Å². The minimum Gasteiger partial charge on any atom is -0.423 e. The van der Waals surface area contributed by atoms with Crippen LogP contribution < -0.4 is 5.32 Å². The van der Waals surface area contributed by atoms with Gasteiger partial charge in [0.2, 0.25) is 12.3 Å². The molecule has 5 nitrogen and oxygen atoms in total. The van der Waals surface area contributed by atoms with Gasteiger partial charge in [0.05, 0.1) is 16.7 Å². The topological polar surface area (TPSA) is 63.8 Å². The Kier molecular flexibility index (Phi) is 3.47. The molecule has 102 valence electrons. The average Bonchev–Trinajstić information content (AvgIpc) is 3.10. The van der Waals surface area contributed by atoms with Gasteiger partial charge < -0.3 is 9.73 Å². The van der Waals surface area contributed by atoms with Gasteiger partial charge in [0.1, 0.15) is 0 Å². The van der Waals surface area contributed by atoms with Crippen molar-refractivity contribution in [3.63, 3.8) is 0 Å². The quantitative estimate of drug-likeness (QED) is 0.792. The molecule has 2 aromatic heterocycles. The summed E-state index contributed by atoms with van der Waals surface area (Å²) < 4.78 is 5.16. The Hall–Kier alpha value is -2.21. The summed E-state index contributed by atoms with van der Waals surface area (Å²) in [6, 6.07) is 8.07. The van der Waals surface area contributed by atoms with Crippen molar-refractivity contribution in [2.45, 2.75) is 19.9 Å². The van der Waals surface area contributed by atoms with E-state index in [1.165, 1.54) is 6.39 Å². The maximum absolute atomic E-state index is 5.16. The summed E-state index contributed by atoms with van der Waals surface area (Å²) in [5, 5.41) is 14.1. The number of aryl methyl sites for hydroxylation is 1. The molecule has 1 N–H and O–H groups in total. The van der Waals surface area contributed by atoms with Gasteiger partial charge in [0.15, 0.2) is 0 Å². The van der Waals surface area contributed by atoms with E-state index in [-0.39, 0.29) is 6.04 Å². The van der Waals surface area contributed by atoms with Crippen LogP contribution in [-0.2, 0) is 0 Å². The van der Waals surface area contributed by atoms with Crippen LogP contribution in [0.5, 0.6) is 0 Å². The number of nitrogens with one attached hydrogen (secondary N) is 1. The second-order valence-corrected chi connectivity index (χ2v) is 5.54. The Bertz CT molecular complexity index is 676. The van der Waals surface area contributed by atoms with Gasteiger partial charge in [-0.05, 0) is 38.1 Å². The Morgan fingerprint density at radius 2 is 2.05 bits per heavy atom. The first-order valence-electron chi connectivity index (χ1n) is 6.27. The summed E-state index contributed by atoms with van der Waals surface area (Å²) in [7, 11) is 0. The van der Waals surface area contributed by atoms with Crippen LogP contribution in [0.2, 0.25) is 0 Å². The van der Waals surface area contributed by atoms with Crippen LogP contribution in [0.25, 0.3) is 11.5 Å². The van der Waals surface area contributed by atoms with Crippen LogP contribution in [0.1, 0.15) is 23.7 Å². The molecule has 20 heavy (non-hydrogen) atoms. The third-order valence-electron chi connectivity index (χ3n) is 2.96. The number of hydrogen-bond acceptors (Lipinski definition) is 6. The highest BCUT2D eigenvalue weighted by atomic mass is 32.1. The summed E-state index contributed by atoms with van der Waals surface area (Å²) in [6.07, 6.45) is 1.33. The van der Waals surface area contributed by atoms with Crippen LogP contribution in [0.15, 0.2) is 40.5 Å². The first-order valence-corrected chi connectivity index (χ1v) is 7.15. The van der Waals surface area contributed by atoms with E-state index in [1.807, 2.05) is 31.2 Å². The lowest BCUT2D eigenvalue weighted by Crippen LogP contribution is -2.06. The summed E-state index contributed by atoms with van der Waals surface area (Å²) in [4.78, 5) is 4.49. The van der Waals surface area contributed by atoms with E-state index in [0.29, 0.717) is 5.89 Å². The van der Waals surface area contributed by atoms with Crippen molar-refractivity contribution >= 4 is 17.0 Å². The van der Waals surface area contributed by atoms with E-state index in [9.17, 15) is 0 Å². The summed E-state index contributed by atoms with van der Waals surface area (Å²) in [6.45, 7) is 4.11. The van der Waals surface area contributed by atoms with Crippen LogP contribution in [0, 0.1) is 6.92 Å². The Labute approximate surface area is 120 Å². The Morgan fingerprint density at radius 3 is 2.65 bits per heavy atom. The molecule has 0 fully saturated rings. The zero-order valence-electron chi connectivity index (χ0n) is 11.2. The van der Waals surface area contributed by atoms with Crippen LogP contribution >= 0.6 is 11.3 Å². The van der Waals surface area contributed by atoms with Gasteiger partial charge in [0.25, 0.3) is 0 Å². The molecule has 2 heterocycles. The van der Waals surface area contributed by atoms with Crippen molar-refractivity contribution in [3.8, 4) is 11.5 Å². The maximum atomic E-state index is 5.16. The zero-order chi connectivity index (χ0) is 13.9. The molecule has 0 aliphatic rings. The Morgan fingerprint density at radius 1 is 1.25 bits per heavy atom. The molecule has 0 aliphatic carbocycles. The van der Waals surface area contributed by atoms with Gasteiger partial charge in [-0.25, -0.2) is 4.98 Å². The molecule has 3 aromatic rings. The van der Waals surface area contributed by atoms with Crippen LogP contribution in [0.4, 0.5) is 5.69 Å². The molecule has 0 amide bonds. The normalized spacial score (nSPS) is 12.3. The van der Waals surface area contributed by atoms with E-state index in [1.54, 1.807) is 11.3 Å². The van der Waals surface area contributed by atoms with Crippen molar-refractivity contribution in [3.05, 3.63) is 46.7 Å². The first-order chi connectivity index (χ1) is 9.72. The number of hydrogen-bond donors (Lipinski definition) is 1. The lowest BCUT2D eigenvalue weighted by atomic mass is 10.2. The molecule has 0 radical (unpaired) electrons. The highest BCUT2D eigenvalue weighted by Crippen LogP contribution is 2.23. The predicted molar refractivity (Wildman–Crippen MR) is 78.6 cm³/mol. The molecular weight excluding hydrogens is 272 g/mol. The third-order valence-corrected chi connectivity index (χ3v) is 3.75. The summed E-state index contributed by atoms with van der Waals surface area (Å²) in [5.41, 5.74) is 3.00. The fourth-order valence-corrected chi connectivity index (χ4v) is 2.62. The van der Waals surface area contributed by atoms with E-state index in [2.05, 4.69) is 32.8 Å². The largest absolute Gasteiger partial charge is 0.423 e. The Balaban J connectivity index is 1.72. The molecule has 0 aliphatic heterocycles. The molecule has 0 saturated heterocycles. The van der Waals surface area contributed by atoms with Crippen molar-refractivity contribution < 1.29 is 4.42 Å². The number of rotatable bonds is 4. The fraction of sp³-hybridized carbons (Fsp3) is 0.214. The zero-order valence-corrected chi connectivity index (χ0v) is 12.0. The lowest BCUT2D eigenvalue weighted by molar-refractivity contribution is 0.568. The molecule has 1 unspecified atom stereocenters. The van der Waals surface area contributed by atoms with Crippen LogP contribution in [0.3, 0.4) is 0 Å². The molecule has 0 saturated carbocycles. The molecule has 3 rings (SSSR count). The van der Waals surface area contributed by atoms with E-state index in [0.717, 1.165) is 22.0 Å². The standard InChI is InChI=1S/C14H14N4OS/c1-9(13-7-20-10(2)17-13)16-12-5-3-11(4-6-12)14-18-15-8-19-14/h3-9,16H,1-2H3. The molecule has 6 heteroatoms. The highest BCUT2D eigenvalue weighted by Gasteiger charge is 2.09. The SMILES string of the molecule is Cc1nc(C(C)Nc2ccc(-c3nnco3)cc2)cs1. The molecule has 0 spiro atoms. The van der Waals surface area contributed by atoms with Crippen molar-refractivity contribution in [1.29, 1.82) is 0 Å².